The fourth-order valence-corrected chi connectivity index (χ4v) is 2.54. The lowest BCUT2D eigenvalue weighted by Gasteiger charge is -2.08. The van der Waals surface area contributed by atoms with Crippen LogP contribution < -0.4 is 10.1 Å². The van der Waals surface area contributed by atoms with Gasteiger partial charge in [0.15, 0.2) is 0 Å². The van der Waals surface area contributed by atoms with E-state index in [-0.39, 0.29) is 0 Å². The van der Waals surface area contributed by atoms with Crippen LogP contribution in [-0.4, -0.2) is 28.1 Å². The summed E-state index contributed by atoms with van der Waals surface area (Å²) < 4.78 is 5.39. The molecule has 0 unspecified atom stereocenters. The maximum Gasteiger partial charge on any atom is 0.322 e. The fraction of sp³-hybridized carbons (Fsp3) is 0.357. The Hall–Kier alpha value is -1.53. The number of nitrogens with zero attached hydrogens (tertiary/aromatic N) is 3. The number of nitrogens with one attached hydrogen (secondary N) is 1. The molecule has 0 bridgehead atoms. The second-order valence-corrected chi connectivity index (χ2v) is 5.53. The minimum absolute atomic E-state index is 0.320. The highest BCUT2D eigenvalue weighted by Crippen LogP contribution is 2.31. The monoisotopic (exact) mass is 324 g/mol. The Labute approximate surface area is 133 Å². The molecule has 2 aromatic rings. The molecular weight excluding hydrogens is 308 g/mol. The highest BCUT2D eigenvalue weighted by Gasteiger charge is 2.10. The Morgan fingerprint density at radius 2 is 2.00 bits per heavy atom. The van der Waals surface area contributed by atoms with Crippen molar-refractivity contribution in [2.45, 2.75) is 30.3 Å². The van der Waals surface area contributed by atoms with Crippen molar-refractivity contribution >= 4 is 29.3 Å². The van der Waals surface area contributed by atoms with Gasteiger partial charge in [-0.15, -0.1) is 0 Å². The van der Waals surface area contributed by atoms with Crippen LogP contribution in [0.3, 0.4) is 0 Å². The summed E-state index contributed by atoms with van der Waals surface area (Å²) in [7, 11) is 0. The molecule has 21 heavy (non-hydrogen) atoms. The van der Waals surface area contributed by atoms with Crippen molar-refractivity contribution in [2.75, 3.05) is 18.5 Å². The molecule has 2 rings (SSSR count). The van der Waals surface area contributed by atoms with Gasteiger partial charge in [-0.1, -0.05) is 30.7 Å². The standard InChI is InChI=1S/C14H17ClN4OS/c1-3-9-16-12-17-13(20-4-2)19-14(18-12)21-11-8-6-5-7-10(11)15/h5-8H,3-4,9H2,1-2H3,(H,16,17,18,19). The lowest BCUT2D eigenvalue weighted by atomic mass is 10.4. The van der Waals surface area contributed by atoms with Crippen LogP contribution in [0.2, 0.25) is 5.02 Å². The summed E-state index contributed by atoms with van der Waals surface area (Å²) >= 11 is 7.55. The first-order chi connectivity index (χ1) is 10.2. The molecule has 0 saturated heterocycles. The largest absolute Gasteiger partial charge is 0.464 e. The number of aromatic nitrogens is 3. The molecule has 1 aromatic heterocycles. The second-order valence-electron chi connectivity index (χ2n) is 4.12. The van der Waals surface area contributed by atoms with Gasteiger partial charge in [-0.3, -0.25) is 0 Å². The average Bonchev–Trinajstić information content (AvgIpc) is 2.48. The van der Waals surface area contributed by atoms with Crippen molar-refractivity contribution in [1.29, 1.82) is 0 Å². The van der Waals surface area contributed by atoms with E-state index >= 15 is 0 Å². The van der Waals surface area contributed by atoms with Gasteiger partial charge in [0.25, 0.3) is 0 Å². The molecule has 7 heteroatoms. The van der Waals surface area contributed by atoms with Gasteiger partial charge in [0.05, 0.1) is 11.6 Å². The predicted octanol–water partition coefficient (Wildman–Crippen LogP) is 3.90. The Morgan fingerprint density at radius 1 is 1.19 bits per heavy atom. The minimum Gasteiger partial charge on any atom is -0.464 e. The first-order valence-electron chi connectivity index (χ1n) is 6.78. The van der Waals surface area contributed by atoms with Gasteiger partial charge in [-0.05, 0) is 37.2 Å². The van der Waals surface area contributed by atoms with Crippen LogP contribution in [0.4, 0.5) is 5.95 Å². The van der Waals surface area contributed by atoms with E-state index in [1.54, 1.807) is 0 Å². The summed E-state index contributed by atoms with van der Waals surface area (Å²) in [6.45, 7) is 5.28. The third-order valence-corrected chi connectivity index (χ3v) is 3.82. The number of halogens is 1. The van der Waals surface area contributed by atoms with E-state index in [0.29, 0.717) is 28.7 Å². The van der Waals surface area contributed by atoms with E-state index in [1.807, 2.05) is 31.2 Å². The molecule has 0 fully saturated rings. The van der Waals surface area contributed by atoms with E-state index in [2.05, 4.69) is 27.2 Å². The molecule has 5 nitrogen and oxygen atoms in total. The van der Waals surface area contributed by atoms with E-state index in [4.69, 9.17) is 16.3 Å². The lowest BCUT2D eigenvalue weighted by molar-refractivity contribution is 0.308. The van der Waals surface area contributed by atoms with E-state index < -0.39 is 0 Å². The van der Waals surface area contributed by atoms with Crippen molar-refractivity contribution < 1.29 is 4.74 Å². The predicted molar refractivity (Wildman–Crippen MR) is 85.4 cm³/mol. The number of hydrogen-bond acceptors (Lipinski definition) is 6. The zero-order chi connectivity index (χ0) is 15.1. The molecule has 1 heterocycles. The maximum atomic E-state index is 6.16. The minimum atomic E-state index is 0.320. The maximum absolute atomic E-state index is 6.16. The van der Waals surface area contributed by atoms with Gasteiger partial charge in [-0.25, -0.2) is 0 Å². The highest BCUT2D eigenvalue weighted by atomic mass is 35.5. The topological polar surface area (TPSA) is 59.9 Å². The van der Waals surface area contributed by atoms with E-state index in [1.165, 1.54) is 11.8 Å². The van der Waals surface area contributed by atoms with Crippen LogP contribution in [0.5, 0.6) is 6.01 Å². The Balaban J connectivity index is 2.24. The van der Waals surface area contributed by atoms with Crippen LogP contribution in [0.25, 0.3) is 0 Å². The summed E-state index contributed by atoms with van der Waals surface area (Å²) in [5, 5.41) is 4.37. The van der Waals surface area contributed by atoms with Crippen LogP contribution in [0.15, 0.2) is 34.3 Å². The second kappa shape index (κ2) is 8.05. The van der Waals surface area contributed by atoms with Crippen LogP contribution in [0, 0.1) is 0 Å². The SMILES string of the molecule is CCCNc1nc(OCC)nc(Sc2ccccc2Cl)n1. The number of ether oxygens (including phenoxy) is 1. The number of hydrogen-bond donors (Lipinski definition) is 1. The Kier molecular flexibility index (Phi) is 6.07. The zero-order valence-electron chi connectivity index (χ0n) is 12.0. The summed E-state index contributed by atoms with van der Waals surface area (Å²) in [5.74, 6) is 0.518. The van der Waals surface area contributed by atoms with Crippen molar-refractivity contribution in [1.82, 2.24) is 15.0 Å². The molecule has 0 aliphatic carbocycles. The van der Waals surface area contributed by atoms with Crippen LogP contribution >= 0.6 is 23.4 Å². The third kappa shape index (κ3) is 4.75. The fourth-order valence-electron chi connectivity index (χ4n) is 1.52. The number of anilines is 1. The van der Waals surface area contributed by atoms with E-state index in [9.17, 15) is 0 Å². The summed E-state index contributed by atoms with van der Waals surface area (Å²) in [6.07, 6.45) is 0.989. The molecule has 0 radical (unpaired) electrons. The van der Waals surface area contributed by atoms with Crippen molar-refractivity contribution in [3.05, 3.63) is 29.3 Å². The van der Waals surface area contributed by atoms with Gasteiger partial charge in [0.2, 0.25) is 11.1 Å². The highest BCUT2D eigenvalue weighted by molar-refractivity contribution is 7.99. The average molecular weight is 325 g/mol. The molecule has 0 amide bonds. The third-order valence-electron chi connectivity index (χ3n) is 2.44. The smallest absolute Gasteiger partial charge is 0.322 e. The number of benzene rings is 1. The number of rotatable bonds is 7. The van der Waals surface area contributed by atoms with Crippen molar-refractivity contribution in [2.24, 2.45) is 0 Å². The first-order valence-corrected chi connectivity index (χ1v) is 7.97. The van der Waals surface area contributed by atoms with E-state index in [0.717, 1.165) is 17.9 Å². The van der Waals surface area contributed by atoms with Gasteiger partial charge in [-0.2, -0.15) is 15.0 Å². The molecule has 0 saturated carbocycles. The van der Waals surface area contributed by atoms with Gasteiger partial charge in [0, 0.05) is 11.4 Å². The zero-order valence-corrected chi connectivity index (χ0v) is 13.5. The normalized spacial score (nSPS) is 10.4. The Morgan fingerprint density at radius 3 is 2.71 bits per heavy atom. The van der Waals surface area contributed by atoms with Gasteiger partial charge in [0.1, 0.15) is 0 Å². The molecular formula is C14H17ClN4OS. The van der Waals surface area contributed by atoms with Crippen LogP contribution in [-0.2, 0) is 0 Å². The Bertz CT molecular complexity index is 597. The molecule has 0 aliphatic heterocycles. The molecule has 1 aromatic carbocycles. The van der Waals surface area contributed by atoms with Crippen molar-refractivity contribution in [3.8, 4) is 6.01 Å². The quantitative estimate of drug-likeness (QED) is 0.833. The lowest BCUT2D eigenvalue weighted by Crippen LogP contribution is -2.08. The van der Waals surface area contributed by atoms with Gasteiger partial charge >= 0.3 is 6.01 Å². The summed E-state index contributed by atoms with van der Waals surface area (Å²) in [6, 6.07) is 7.90. The summed E-state index contributed by atoms with van der Waals surface area (Å²) in [5.41, 5.74) is 0. The molecule has 0 aliphatic rings. The molecule has 112 valence electrons. The first kappa shape index (κ1) is 15.9. The summed E-state index contributed by atoms with van der Waals surface area (Å²) in [4.78, 5) is 13.8. The van der Waals surface area contributed by atoms with Gasteiger partial charge < -0.3 is 10.1 Å². The molecule has 0 spiro atoms. The molecule has 0 atom stereocenters. The molecule has 1 N–H and O–H groups in total. The van der Waals surface area contributed by atoms with Crippen LogP contribution in [0.1, 0.15) is 20.3 Å². The van der Waals surface area contributed by atoms with Crippen molar-refractivity contribution in [3.63, 3.8) is 0 Å².